The second-order valence-corrected chi connectivity index (χ2v) is 4.64. The summed E-state index contributed by atoms with van der Waals surface area (Å²) in [4.78, 5) is 20.6. The van der Waals surface area contributed by atoms with E-state index in [1.807, 2.05) is 0 Å². The average molecular weight is 267 g/mol. The molecule has 0 fully saturated rings. The van der Waals surface area contributed by atoms with E-state index in [2.05, 4.69) is 0 Å². The summed E-state index contributed by atoms with van der Waals surface area (Å²) in [6, 6.07) is 5.47. The summed E-state index contributed by atoms with van der Waals surface area (Å²) in [5.74, 6) is -1.13. The SMILES string of the molecule is CC(C=O)C(O)C(C)C(O)c1ccc([N+](=O)[O-])cc1. The third kappa shape index (κ3) is 3.59. The maximum atomic E-state index is 10.6. The Morgan fingerprint density at radius 2 is 1.74 bits per heavy atom. The molecular weight excluding hydrogens is 250 g/mol. The molecule has 1 rings (SSSR count). The quantitative estimate of drug-likeness (QED) is 0.461. The normalized spacial score (nSPS) is 17.3. The Morgan fingerprint density at radius 1 is 1.21 bits per heavy atom. The molecule has 0 saturated carbocycles. The Bertz CT molecular complexity index is 445. The van der Waals surface area contributed by atoms with Gasteiger partial charge in [0.05, 0.1) is 17.1 Å². The summed E-state index contributed by atoms with van der Waals surface area (Å²) < 4.78 is 0. The summed E-state index contributed by atoms with van der Waals surface area (Å²) in [7, 11) is 0. The number of benzene rings is 1. The van der Waals surface area contributed by atoms with Crippen LogP contribution in [0.25, 0.3) is 0 Å². The fourth-order valence-electron chi connectivity index (χ4n) is 1.84. The summed E-state index contributed by atoms with van der Waals surface area (Å²) in [5.41, 5.74) is 0.403. The molecule has 0 aromatic heterocycles. The van der Waals surface area contributed by atoms with Crippen molar-refractivity contribution in [1.82, 2.24) is 0 Å². The molecule has 0 heterocycles. The number of non-ortho nitro benzene ring substituents is 1. The summed E-state index contributed by atoms with van der Waals surface area (Å²) in [6.45, 7) is 3.19. The molecule has 0 bridgehead atoms. The molecular formula is C13H17NO5. The minimum atomic E-state index is -0.988. The molecule has 0 aliphatic heterocycles. The standard InChI is InChI=1S/C13H17NO5/c1-8(7-15)12(16)9(2)13(17)10-3-5-11(6-4-10)14(18)19/h3-9,12-13,16-17H,1-2H3. The van der Waals surface area contributed by atoms with E-state index >= 15 is 0 Å². The molecule has 2 N–H and O–H groups in total. The van der Waals surface area contributed by atoms with Gasteiger partial charge < -0.3 is 15.0 Å². The van der Waals surface area contributed by atoms with Crippen LogP contribution in [0.2, 0.25) is 0 Å². The Morgan fingerprint density at radius 3 is 2.16 bits per heavy atom. The molecule has 6 nitrogen and oxygen atoms in total. The largest absolute Gasteiger partial charge is 0.392 e. The molecule has 0 amide bonds. The number of aldehydes is 1. The van der Waals surface area contributed by atoms with Gasteiger partial charge in [-0.05, 0) is 17.7 Å². The van der Waals surface area contributed by atoms with Crippen molar-refractivity contribution in [2.45, 2.75) is 26.1 Å². The van der Waals surface area contributed by atoms with Gasteiger partial charge in [-0.15, -0.1) is 0 Å². The van der Waals surface area contributed by atoms with Crippen molar-refractivity contribution in [2.24, 2.45) is 11.8 Å². The maximum Gasteiger partial charge on any atom is 0.269 e. The molecule has 104 valence electrons. The number of carbonyl (C=O) groups excluding carboxylic acids is 1. The molecule has 0 radical (unpaired) electrons. The van der Waals surface area contributed by atoms with Gasteiger partial charge >= 0.3 is 0 Å². The van der Waals surface area contributed by atoms with Crippen LogP contribution in [0.3, 0.4) is 0 Å². The summed E-state index contributed by atoms with van der Waals surface area (Å²) in [6.07, 6.45) is -1.33. The van der Waals surface area contributed by atoms with E-state index in [0.29, 0.717) is 11.8 Å². The monoisotopic (exact) mass is 267 g/mol. The van der Waals surface area contributed by atoms with Crippen LogP contribution >= 0.6 is 0 Å². The van der Waals surface area contributed by atoms with Crippen LogP contribution in [-0.4, -0.2) is 27.5 Å². The number of hydrogen-bond donors (Lipinski definition) is 2. The van der Waals surface area contributed by atoms with E-state index in [1.165, 1.54) is 24.3 Å². The topological polar surface area (TPSA) is 101 Å². The molecule has 0 aliphatic carbocycles. The zero-order valence-electron chi connectivity index (χ0n) is 10.8. The van der Waals surface area contributed by atoms with Crippen molar-refractivity contribution >= 4 is 12.0 Å². The lowest BCUT2D eigenvalue weighted by molar-refractivity contribution is -0.384. The van der Waals surface area contributed by atoms with Crippen molar-refractivity contribution in [3.63, 3.8) is 0 Å². The number of aliphatic hydroxyl groups is 2. The molecule has 0 spiro atoms. The van der Waals surface area contributed by atoms with E-state index in [9.17, 15) is 25.1 Å². The first kappa shape index (κ1) is 15.3. The van der Waals surface area contributed by atoms with Crippen molar-refractivity contribution in [3.05, 3.63) is 39.9 Å². The summed E-state index contributed by atoms with van der Waals surface area (Å²) >= 11 is 0. The Hall–Kier alpha value is -1.79. The Balaban J connectivity index is 2.84. The van der Waals surface area contributed by atoms with Crippen molar-refractivity contribution in [2.75, 3.05) is 0 Å². The van der Waals surface area contributed by atoms with E-state index < -0.39 is 29.0 Å². The van der Waals surface area contributed by atoms with E-state index in [-0.39, 0.29) is 5.69 Å². The lowest BCUT2D eigenvalue weighted by atomic mass is 9.87. The third-order valence-corrected chi connectivity index (χ3v) is 3.24. The van der Waals surface area contributed by atoms with Crippen molar-refractivity contribution < 1.29 is 19.9 Å². The molecule has 4 atom stereocenters. The van der Waals surface area contributed by atoms with E-state index in [0.717, 1.165) is 0 Å². The molecule has 0 aliphatic rings. The lowest BCUT2D eigenvalue weighted by Gasteiger charge is -2.26. The van der Waals surface area contributed by atoms with Gasteiger partial charge in [-0.2, -0.15) is 0 Å². The van der Waals surface area contributed by atoms with Crippen LogP contribution in [-0.2, 0) is 4.79 Å². The lowest BCUT2D eigenvalue weighted by Crippen LogP contribution is -2.30. The van der Waals surface area contributed by atoms with Gasteiger partial charge in [-0.3, -0.25) is 10.1 Å². The van der Waals surface area contributed by atoms with Gasteiger partial charge in [0, 0.05) is 24.0 Å². The van der Waals surface area contributed by atoms with Crippen molar-refractivity contribution in [3.8, 4) is 0 Å². The predicted molar refractivity (Wildman–Crippen MR) is 68.5 cm³/mol. The van der Waals surface area contributed by atoms with Crippen LogP contribution in [0.4, 0.5) is 5.69 Å². The number of aliphatic hydroxyl groups excluding tert-OH is 2. The molecule has 1 aromatic rings. The zero-order valence-corrected chi connectivity index (χ0v) is 10.8. The Kier molecular flexibility index (Phi) is 5.14. The number of carbonyl (C=O) groups is 1. The van der Waals surface area contributed by atoms with E-state index in [1.54, 1.807) is 13.8 Å². The fraction of sp³-hybridized carbons (Fsp3) is 0.462. The first-order chi connectivity index (χ1) is 8.88. The highest BCUT2D eigenvalue weighted by atomic mass is 16.6. The molecule has 0 saturated heterocycles. The van der Waals surface area contributed by atoms with Crippen LogP contribution in [0.15, 0.2) is 24.3 Å². The number of nitrogens with zero attached hydrogens (tertiary/aromatic N) is 1. The predicted octanol–water partition coefficient (Wildman–Crippen LogP) is 1.46. The minimum Gasteiger partial charge on any atom is -0.392 e. The van der Waals surface area contributed by atoms with Gasteiger partial charge in [-0.25, -0.2) is 0 Å². The van der Waals surface area contributed by atoms with E-state index in [4.69, 9.17) is 0 Å². The van der Waals surface area contributed by atoms with Crippen LogP contribution in [0, 0.1) is 22.0 Å². The third-order valence-electron chi connectivity index (χ3n) is 3.24. The number of hydrogen-bond acceptors (Lipinski definition) is 5. The molecule has 6 heteroatoms. The molecule has 1 aromatic carbocycles. The first-order valence-corrected chi connectivity index (χ1v) is 5.94. The van der Waals surface area contributed by atoms with Crippen LogP contribution in [0.5, 0.6) is 0 Å². The Labute approximate surface area is 110 Å². The molecule has 4 unspecified atom stereocenters. The molecule has 19 heavy (non-hydrogen) atoms. The van der Waals surface area contributed by atoms with Gasteiger partial charge in [0.1, 0.15) is 6.29 Å². The summed E-state index contributed by atoms with van der Waals surface area (Å²) in [5, 5.41) is 30.5. The van der Waals surface area contributed by atoms with Gasteiger partial charge in [0.15, 0.2) is 0 Å². The highest BCUT2D eigenvalue weighted by molar-refractivity contribution is 5.53. The number of nitro groups is 1. The highest BCUT2D eigenvalue weighted by Crippen LogP contribution is 2.28. The highest BCUT2D eigenvalue weighted by Gasteiger charge is 2.28. The zero-order chi connectivity index (χ0) is 14.6. The smallest absolute Gasteiger partial charge is 0.269 e. The number of rotatable bonds is 6. The second kappa shape index (κ2) is 6.40. The van der Waals surface area contributed by atoms with Crippen LogP contribution in [0.1, 0.15) is 25.5 Å². The minimum absolute atomic E-state index is 0.0644. The number of nitro benzene ring substituents is 1. The van der Waals surface area contributed by atoms with Gasteiger partial charge in [0.25, 0.3) is 5.69 Å². The van der Waals surface area contributed by atoms with Gasteiger partial charge in [0.2, 0.25) is 0 Å². The van der Waals surface area contributed by atoms with Crippen LogP contribution < -0.4 is 0 Å². The maximum absolute atomic E-state index is 10.6. The van der Waals surface area contributed by atoms with Crippen molar-refractivity contribution in [1.29, 1.82) is 0 Å². The second-order valence-electron chi connectivity index (χ2n) is 4.64. The van der Waals surface area contributed by atoms with Gasteiger partial charge in [-0.1, -0.05) is 13.8 Å². The first-order valence-electron chi connectivity index (χ1n) is 5.94. The fourth-order valence-corrected chi connectivity index (χ4v) is 1.84. The average Bonchev–Trinajstić information content (AvgIpc) is 2.44.